The molecule has 0 N–H and O–H groups in total. The number of unbranched alkanes of at least 4 members (excludes halogenated alkanes) is 3. The smallest absolute Gasteiger partial charge is 0.0901 e. The van der Waals surface area contributed by atoms with Crippen LogP contribution in [0.15, 0.2) is 49.0 Å². The second-order valence-corrected chi connectivity index (χ2v) is 3.24. The Morgan fingerprint density at radius 2 is 1.67 bits per heavy atom. The third-order valence-electron chi connectivity index (χ3n) is 1.84. The predicted molar refractivity (Wildman–Crippen MR) is 67.5 cm³/mol. The van der Waals surface area contributed by atoms with E-state index in [0.717, 1.165) is 6.42 Å². The SMILES string of the molecule is CC=CC=COC=CC=CCCCCC. The van der Waals surface area contributed by atoms with Crippen molar-refractivity contribution in [3.63, 3.8) is 0 Å². The molecule has 0 atom stereocenters. The average Bonchev–Trinajstić information content (AvgIpc) is 2.26. The lowest BCUT2D eigenvalue weighted by atomic mass is 10.2. The Labute approximate surface area is 93.8 Å². The van der Waals surface area contributed by atoms with E-state index in [-0.39, 0.29) is 0 Å². The van der Waals surface area contributed by atoms with Gasteiger partial charge >= 0.3 is 0 Å². The van der Waals surface area contributed by atoms with E-state index >= 15 is 0 Å². The molecule has 0 aliphatic rings. The Balaban J connectivity index is 3.37. The van der Waals surface area contributed by atoms with E-state index in [1.54, 1.807) is 12.5 Å². The lowest BCUT2D eigenvalue weighted by molar-refractivity contribution is 0.403. The maximum Gasteiger partial charge on any atom is 0.0901 e. The van der Waals surface area contributed by atoms with E-state index in [2.05, 4.69) is 13.0 Å². The number of allylic oxidation sites excluding steroid dienone is 6. The van der Waals surface area contributed by atoms with Crippen LogP contribution in [-0.2, 0) is 4.74 Å². The molecule has 0 spiro atoms. The van der Waals surface area contributed by atoms with Gasteiger partial charge in [0.05, 0.1) is 12.5 Å². The molecule has 0 saturated carbocycles. The van der Waals surface area contributed by atoms with E-state index < -0.39 is 0 Å². The molecule has 1 nitrogen and oxygen atoms in total. The maximum absolute atomic E-state index is 5.10. The lowest BCUT2D eigenvalue weighted by Gasteiger charge is -1.90. The van der Waals surface area contributed by atoms with Crippen LogP contribution in [0.2, 0.25) is 0 Å². The normalized spacial score (nSPS) is 12.7. The number of ether oxygens (including phenoxy) is 1. The van der Waals surface area contributed by atoms with E-state index in [1.165, 1.54) is 19.3 Å². The highest BCUT2D eigenvalue weighted by molar-refractivity contribution is 5.02. The van der Waals surface area contributed by atoms with Gasteiger partial charge in [-0.15, -0.1) is 0 Å². The molecule has 0 aliphatic heterocycles. The molecule has 1 heteroatoms. The van der Waals surface area contributed by atoms with Crippen LogP contribution in [0.1, 0.15) is 39.5 Å². The molecule has 0 rings (SSSR count). The van der Waals surface area contributed by atoms with E-state index in [4.69, 9.17) is 4.74 Å². The van der Waals surface area contributed by atoms with Crippen LogP contribution in [0.3, 0.4) is 0 Å². The summed E-state index contributed by atoms with van der Waals surface area (Å²) in [6.07, 6.45) is 20.2. The van der Waals surface area contributed by atoms with Crippen molar-refractivity contribution >= 4 is 0 Å². The number of rotatable bonds is 8. The fourth-order valence-electron chi connectivity index (χ4n) is 1.02. The Morgan fingerprint density at radius 1 is 0.933 bits per heavy atom. The molecular weight excluding hydrogens is 184 g/mol. The highest BCUT2D eigenvalue weighted by Crippen LogP contribution is 1.99. The third kappa shape index (κ3) is 12.8. The van der Waals surface area contributed by atoms with E-state index in [0.29, 0.717) is 0 Å². The van der Waals surface area contributed by atoms with Crippen LogP contribution in [0.5, 0.6) is 0 Å². The van der Waals surface area contributed by atoms with Gasteiger partial charge in [0.15, 0.2) is 0 Å². The summed E-state index contributed by atoms with van der Waals surface area (Å²) in [5, 5.41) is 0. The summed E-state index contributed by atoms with van der Waals surface area (Å²) in [5.41, 5.74) is 0. The first-order valence-corrected chi connectivity index (χ1v) is 5.66. The topological polar surface area (TPSA) is 9.23 Å². The van der Waals surface area contributed by atoms with Crippen LogP contribution in [0, 0.1) is 0 Å². The van der Waals surface area contributed by atoms with Gasteiger partial charge in [0.1, 0.15) is 0 Å². The van der Waals surface area contributed by atoms with Gasteiger partial charge in [-0.25, -0.2) is 0 Å². The summed E-state index contributed by atoms with van der Waals surface area (Å²) >= 11 is 0. The van der Waals surface area contributed by atoms with Gasteiger partial charge in [-0.05, 0) is 31.9 Å². The molecule has 0 bridgehead atoms. The average molecular weight is 206 g/mol. The Morgan fingerprint density at radius 3 is 2.33 bits per heavy atom. The van der Waals surface area contributed by atoms with Crippen LogP contribution in [0.4, 0.5) is 0 Å². The van der Waals surface area contributed by atoms with Gasteiger partial charge in [0.2, 0.25) is 0 Å². The zero-order valence-electron chi connectivity index (χ0n) is 9.86. The second-order valence-electron chi connectivity index (χ2n) is 3.24. The predicted octanol–water partition coefficient (Wildman–Crippen LogP) is 4.74. The van der Waals surface area contributed by atoms with Gasteiger partial charge in [0, 0.05) is 0 Å². The summed E-state index contributed by atoms with van der Waals surface area (Å²) in [6, 6.07) is 0. The summed E-state index contributed by atoms with van der Waals surface area (Å²) in [7, 11) is 0. The van der Waals surface area contributed by atoms with Gasteiger partial charge in [-0.1, -0.05) is 44.1 Å². The van der Waals surface area contributed by atoms with Crippen molar-refractivity contribution in [3.8, 4) is 0 Å². The van der Waals surface area contributed by atoms with Crippen molar-refractivity contribution in [3.05, 3.63) is 49.0 Å². The van der Waals surface area contributed by atoms with Crippen LogP contribution < -0.4 is 0 Å². The van der Waals surface area contributed by atoms with Crippen LogP contribution in [0.25, 0.3) is 0 Å². The minimum Gasteiger partial charge on any atom is -0.473 e. The molecular formula is C14H22O. The largest absolute Gasteiger partial charge is 0.473 e. The minimum absolute atomic E-state index is 1.16. The van der Waals surface area contributed by atoms with Crippen molar-refractivity contribution in [2.75, 3.05) is 0 Å². The zero-order chi connectivity index (χ0) is 11.2. The van der Waals surface area contributed by atoms with Crippen molar-refractivity contribution in [2.45, 2.75) is 39.5 Å². The summed E-state index contributed by atoms with van der Waals surface area (Å²) < 4.78 is 5.10. The molecule has 0 amide bonds. The number of hydrogen-bond donors (Lipinski definition) is 0. The summed E-state index contributed by atoms with van der Waals surface area (Å²) in [5.74, 6) is 0. The van der Waals surface area contributed by atoms with Crippen LogP contribution in [-0.4, -0.2) is 0 Å². The van der Waals surface area contributed by atoms with Gasteiger partial charge in [-0.2, -0.15) is 0 Å². The molecule has 0 saturated heterocycles. The minimum atomic E-state index is 1.16. The molecule has 84 valence electrons. The first-order valence-electron chi connectivity index (χ1n) is 5.66. The van der Waals surface area contributed by atoms with Gasteiger partial charge < -0.3 is 4.74 Å². The van der Waals surface area contributed by atoms with Crippen molar-refractivity contribution < 1.29 is 4.74 Å². The van der Waals surface area contributed by atoms with E-state index in [1.807, 2.05) is 37.3 Å². The highest BCUT2D eigenvalue weighted by atomic mass is 16.5. The first kappa shape index (κ1) is 13.8. The fraction of sp³-hybridized carbons (Fsp3) is 0.429. The monoisotopic (exact) mass is 206 g/mol. The Kier molecular flexibility index (Phi) is 11.7. The second kappa shape index (κ2) is 12.8. The molecule has 0 unspecified atom stereocenters. The quantitative estimate of drug-likeness (QED) is 0.316. The van der Waals surface area contributed by atoms with Crippen molar-refractivity contribution in [2.24, 2.45) is 0 Å². The zero-order valence-corrected chi connectivity index (χ0v) is 9.86. The number of hydrogen-bond acceptors (Lipinski definition) is 1. The molecule has 0 fully saturated rings. The highest BCUT2D eigenvalue weighted by Gasteiger charge is 1.79. The molecule has 0 aliphatic carbocycles. The third-order valence-corrected chi connectivity index (χ3v) is 1.84. The first-order chi connectivity index (χ1) is 7.41. The summed E-state index contributed by atoms with van der Waals surface area (Å²) in [4.78, 5) is 0. The van der Waals surface area contributed by atoms with Gasteiger partial charge in [0.25, 0.3) is 0 Å². The molecule has 0 radical (unpaired) electrons. The molecule has 0 aromatic carbocycles. The van der Waals surface area contributed by atoms with Crippen molar-refractivity contribution in [1.82, 2.24) is 0 Å². The fourth-order valence-corrected chi connectivity index (χ4v) is 1.02. The maximum atomic E-state index is 5.10. The molecule has 0 aromatic heterocycles. The lowest BCUT2D eigenvalue weighted by Crippen LogP contribution is -1.70. The van der Waals surface area contributed by atoms with Crippen LogP contribution >= 0.6 is 0 Å². The standard InChI is InChI=1S/C14H22O/c1-3-5-7-8-9-10-12-14-15-13-11-6-4-2/h4,6,9-14H,3,5,7-8H2,1-2H3. The Bertz CT molecular complexity index is 221. The van der Waals surface area contributed by atoms with Crippen molar-refractivity contribution in [1.29, 1.82) is 0 Å². The molecule has 0 aromatic rings. The van der Waals surface area contributed by atoms with Gasteiger partial charge in [-0.3, -0.25) is 0 Å². The Hall–Kier alpha value is -1.24. The molecule has 0 heterocycles. The van der Waals surface area contributed by atoms with E-state index in [9.17, 15) is 0 Å². The molecule has 15 heavy (non-hydrogen) atoms. The summed E-state index contributed by atoms with van der Waals surface area (Å²) in [6.45, 7) is 4.19.